The number of carboxylic acids is 1. The Kier molecular flexibility index (Phi) is 3.91. The summed E-state index contributed by atoms with van der Waals surface area (Å²) in [6.45, 7) is 0. The van der Waals surface area contributed by atoms with Gasteiger partial charge in [0.05, 0.1) is 4.34 Å². The minimum Gasteiger partial charge on any atom is -0.477 e. The Bertz CT molecular complexity index is 504. The molecule has 0 aromatic carbocycles. The third kappa shape index (κ3) is 3.01. The lowest BCUT2D eigenvalue weighted by Crippen LogP contribution is -1.89. The molecule has 0 fully saturated rings. The molecule has 0 saturated heterocycles. The molecule has 2 heterocycles. The summed E-state index contributed by atoms with van der Waals surface area (Å²) in [5.41, 5.74) is 0. The number of halogens is 1. The second-order valence-electron chi connectivity index (χ2n) is 2.95. The van der Waals surface area contributed by atoms with Crippen LogP contribution in [0.15, 0.2) is 28.5 Å². The zero-order valence-electron chi connectivity index (χ0n) is 7.97. The molecule has 0 radical (unpaired) electrons. The fourth-order valence-corrected chi connectivity index (χ4v) is 4.09. The van der Waals surface area contributed by atoms with Crippen LogP contribution in [0.2, 0.25) is 4.34 Å². The minimum absolute atomic E-state index is 0.381. The zero-order valence-corrected chi connectivity index (χ0v) is 11.2. The molecule has 16 heavy (non-hydrogen) atoms. The summed E-state index contributed by atoms with van der Waals surface area (Å²) in [4.78, 5) is 13.2. The van der Waals surface area contributed by atoms with Gasteiger partial charge in [0.15, 0.2) is 0 Å². The van der Waals surface area contributed by atoms with Crippen LogP contribution in [0, 0.1) is 0 Å². The van der Waals surface area contributed by atoms with Crippen molar-refractivity contribution in [3.8, 4) is 0 Å². The number of thiophene rings is 2. The van der Waals surface area contributed by atoms with Gasteiger partial charge in [-0.2, -0.15) is 0 Å². The molecule has 0 aliphatic rings. The number of thioether (sulfide) groups is 1. The van der Waals surface area contributed by atoms with Crippen molar-refractivity contribution >= 4 is 52.0 Å². The largest absolute Gasteiger partial charge is 0.477 e. The van der Waals surface area contributed by atoms with Crippen LogP contribution in [0.3, 0.4) is 0 Å². The van der Waals surface area contributed by atoms with E-state index in [1.165, 1.54) is 16.2 Å². The third-order valence-corrected chi connectivity index (χ3v) is 5.30. The van der Waals surface area contributed by atoms with Gasteiger partial charge in [0, 0.05) is 20.9 Å². The van der Waals surface area contributed by atoms with Crippen LogP contribution < -0.4 is 0 Å². The molecule has 0 aliphatic carbocycles. The third-order valence-electron chi connectivity index (χ3n) is 1.80. The lowest BCUT2D eigenvalue weighted by atomic mass is 10.5. The summed E-state index contributed by atoms with van der Waals surface area (Å²) in [6.07, 6.45) is 0. The molecule has 2 rings (SSSR count). The van der Waals surface area contributed by atoms with Gasteiger partial charge in [0.1, 0.15) is 4.88 Å². The summed E-state index contributed by atoms with van der Waals surface area (Å²) in [5, 5.41) is 10.6. The topological polar surface area (TPSA) is 37.3 Å². The Morgan fingerprint density at radius 1 is 1.50 bits per heavy atom. The second-order valence-corrected chi connectivity index (χ2v) is 6.71. The summed E-state index contributed by atoms with van der Waals surface area (Å²) in [7, 11) is 0. The average Bonchev–Trinajstić information content (AvgIpc) is 2.83. The van der Waals surface area contributed by atoms with Gasteiger partial charge in [-0.1, -0.05) is 11.6 Å². The molecule has 2 aromatic heterocycles. The van der Waals surface area contributed by atoms with E-state index in [4.69, 9.17) is 16.7 Å². The SMILES string of the molecule is O=C(O)c1cc(SCc2ccc(Cl)s2)cs1. The van der Waals surface area contributed by atoms with Crippen molar-refractivity contribution < 1.29 is 9.90 Å². The number of carboxylic acid groups (broad SMARTS) is 1. The maximum absolute atomic E-state index is 10.7. The van der Waals surface area contributed by atoms with Crippen molar-refractivity contribution in [1.82, 2.24) is 0 Å². The smallest absolute Gasteiger partial charge is 0.345 e. The van der Waals surface area contributed by atoms with Crippen LogP contribution >= 0.6 is 46.0 Å². The molecule has 0 amide bonds. The number of aromatic carboxylic acids is 1. The van der Waals surface area contributed by atoms with Crippen LogP contribution in [0.1, 0.15) is 14.5 Å². The lowest BCUT2D eigenvalue weighted by molar-refractivity contribution is 0.0702. The highest BCUT2D eigenvalue weighted by atomic mass is 35.5. The van der Waals surface area contributed by atoms with Gasteiger partial charge in [-0.3, -0.25) is 0 Å². The number of hydrogen-bond donors (Lipinski definition) is 1. The van der Waals surface area contributed by atoms with E-state index in [9.17, 15) is 4.79 Å². The van der Waals surface area contributed by atoms with E-state index >= 15 is 0 Å². The molecule has 1 N–H and O–H groups in total. The van der Waals surface area contributed by atoms with Crippen molar-refractivity contribution in [2.75, 3.05) is 0 Å². The molecule has 0 spiro atoms. The molecule has 84 valence electrons. The fraction of sp³-hybridized carbons (Fsp3) is 0.100. The Morgan fingerprint density at radius 3 is 2.88 bits per heavy atom. The molecular formula is C10H7ClO2S3. The van der Waals surface area contributed by atoms with E-state index in [1.807, 2.05) is 17.5 Å². The van der Waals surface area contributed by atoms with Gasteiger partial charge in [0.2, 0.25) is 0 Å². The van der Waals surface area contributed by atoms with Crippen LogP contribution in [-0.2, 0) is 5.75 Å². The Labute approximate surface area is 110 Å². The van der Waals surface area contributed by atoms with E-state index in [-0.39, 0.29) is 0 Å². The molecule has 0 bridgehead atoms. The van der Waals surface area contributed by atoms with E-state index in [1.54, 1.807) is 29.2 Å². The van der Waals surface area contributed by atoms with Gasteiger partial charge >= 0.3 is 5.97 Å². The average molecular weight is 291 g/mol. The maximum atomic E-state index is 10.7. The highest BCUT2D eigenvalue weighted by molar-refractivity contribution is 7.98. The first-order valence-corrected chi connectivity index (χ1v) is 7.40. The summed E-state index contributed by atoms with van der Waals surface area (Å²) >= 11 is 10.3. The molecule has 0 aliphatic heterocycles. The van der Waals surface area contributed by atoms with Crippen LogP contribution in [-0.4, -0.2) is 11.1 Å². The normalized spacial score (nSPS) is 10.6. The van der Waals surface area contributed by atoms with Crippen molar-refractivity contribution in [2.45, 2.75) is 10.6 Å². The number of hydrogen-bond acceptors (Lipinski definition) is 4. The van der Waals surface area contributed by atoms with Gasteiger partial charge in [0.25, 0.3) is 0 Å². The van der Waals surface area contributed by atoms with Crippen molar-refractivity contribution in [3.63, 3.8) is 0 Å². The lowest BCUT2D eigenvalue weighted by Gasteiger charge is -1.94. The van der Waals surface area contributed by atoms with Crippen molar-refractivity contribution in [1.29, 1.82) is 0 Å². The zero-order chi connectivity index (χ0) is 11.5. The Hall–Kier alpha value is -0.490. The quantitative estimate of drug-likeness (QED) is 0.845. The van der Waals surface area contributed by atoms with Gasteiger partial charge in [-0.05, 0) is 18.2 Å². The van der Waals surface area contributed by atoms with E-state index < -0.39 is 5.97 Å². The molecule has 2 nitrogen and oxygen atoms in total. The highest BCUT2D eigenvalue weighted by Crippen LogP contribution is 2.31. The van der Waals surface area contributed by atoms with E-state index in [0.717, 1.165) is 15.0 Å². The fourth-order valence-electron chi connectivity index (χ4n) is 1.09. The van der Waals surface area contributed by atoms with Crippen molar-refractivity contribution in [2.24, 2.45) is 0 Å². The predicted octanol–water partition coefficient (Wildman–Crippen LogP) is 4.45. The van der Waals surface area contributed by atoms with E-state index in [0.29, 0.717) is 4.88 Å². The summed E-state index contributed by atoms with van der Waals surface area (Å²) < 4.78 is 0.784. The summed E-state index contributed by atoms with van der Waals surface area (Å²) in [6, 6.07) is 5.57. The first-order chi connectivity index (χ1) is 7.65. The second kappa shape index (κ2) is 5.23. The van der Waals surface area contributed by atoms with Crippen molar-refractivity contribution in [3.05, 3.63) is 37.7 Å². The molecule has 2 aromatic rings. The molecule has 6 heteroatoms. The van der Waals surface area contributed by atoms with Crippen LogP contribution in [0.4, 0.5) is 0 Å². The van der Waals surface area contributed by atoms with Crippen LogP contribution in [0.5, 0.6) is 0 Å². The maximum Gasteiger partial charge on any atom is 0.345 e. The molecule has 0 unspecified atom stereocenters. The molecule has 0 atom stereocenters. The summed E-state index contributed by atoms with van der Waals surface area (Å²) in [5.74, 6) is -0.0382. The molecule has 0 saturated carbocycles. The first kappa shape index (κ1) is 12.0. The molecular weight excluding hydrogens is 284 g/mol. The van der Waals surface area contributed by atoms with Gasteiger partial charge < -0.3 is 5.11 Å². The first-order valence-electron chi connectivity index (χ1n) is 4.34. The Morgan fingerprint density at radius 2 is 2.31 bits per heavy atom. The van der Waals surface area contributed by atoms with Crippen LogP contribution in [0.25, 0.3) is 0 Å². The van der Waals surface area contributed by atoms with E-state index in [2.05, 4.69) is 0 Å². The minimum atomic E-state index is -0.865. The Balaban J connectivity index is 1.97. The predicted molar refractivity (Wildman–Crippen MR) is 70.2 cm³/mol. The number of rotatable bonds is 4. The van der Waals surface area contributed by atoms with Gasteiger partial charge in [-0.15, -0.1) is 34.4 Å². The monoisotopic (exact) mass is 290 g/mol. The highest BCUT2D eigenvalue weighted by Gasteiger charge is 2.07. The number of carbonyl (C=O) groups is 1. The van der Waals surface area contributed by atoms with Gasteiger partial charge in [-0.25, -0.2) is 4.79 Å². The standard InChI is InChI=1S/C10H7ClO2S3/c11-9-2-1-6(16-9)4-14-7-3-8(10(12)13)15-5-7/h1-3,5H,4H2,(H,12,13).